The van der Waals surface area contributed by atoms with Crippen LogP contribution in [0.15, 0.2) is 12.1 Å². The summed E-state index contributed by atoms with van der Waals surface area (Å²) in [6, 6.07) is 4.41. The van der Waals surface area contributed by atoms with Gasteiger partial charge < -0.3 is 5.11 Å². The number of rotatable bonds is 1. The Labute approximate surface area is 133 Å². The van der Waals surface area contributed by atoms with Gasteiger partial charge in [-0.1, -0.05) is 39.8 Å². The Morgan fingerprint density at radius 2 is 1.95 bits per heavy atom. The fraction of sp³-hybridized carbons (Fsp3) is 0.650. The Bertz CT molecular complexity index is 629. The molecule has 3 rings (SSSR count). The van der Waals surface area contributed by atoms with Gasteiger partial charge in [-0.25, -0.2) is 0 Å². The van der Waals surface area contributed by atoms with Crippen molar-refractivity contribution in [3.63, 3.8) is 0 Å². The summed E-state index contributed by atoms with van der Waals surface area (Å²) in [5.41, 5.74) is 4.69. The lowest BCUT2D eigenvalue weighted by Crippen LogP contribution is -2.53. The third-order valence-electron chi connectivity index (χ3n) is 6.58. The number of hydrogen-bond donors (Lipinski definition) is 1. The van der Waals surface area contributed by atoms with Crippen molar-refractivity contribution < 1.29 is 9.90 Å². The molecule has 1 fully saturated rings. The van der Waals surface area contributed by atoms with Crippen LogP contribution in [0.3, 0.4) is 0 Å². The number of hydrogen-bond acceptors (Lipinski definition) is 2. The van der Waals surface area contributed by atoms with Gasteiger partial charge in [0.15, 0.2) is 0 Å². The van der Waals surface area contributed by atoms with Crippen molar-refractivity contribution in [1.29, 1.82) is 0 Å². The lowest BCUT2D eigenvalue weighted by atomic mass is 9.49. The smallest absolute Gasteiger partial charge is 0.138 e. The molecule has 0 radical (unpaired) electrons. The van der Waals surface area contributed by atoms with Gasteiger partial charge in [0, 0.05) is 11.8 Å². The van der Waals surface area contributed by atoms with Gasteiger partial charge in [0.25, 0.3) is 0 Å². The molecule has 2 aliphatic rings. The summed E-state index contributed by atoms with van der Waals surface area (Å²) in [6.07, 6.45) is 2.79. The molecule has 2 nitrogen and oxygen atoms in total. The maximum absolute atomic E-state index is 12.4. The van der Waals surface area contributed by atoms with Gasteiger partial charge in [0.2, 0.25) is 0 Å². The molecule has 1 N–H and O–H groups in total. The molecule has 0 bridgehead atoms. The molecule has 0 saturated heterocycles. The first-order valence-electron chi connectivity index (χ1n) is 8.57. The van der Waals surface area contributed by atoms with Crippen LogP contribution in [0.5, 0.6) is 0 Å². The van der Waals surface area contributed by atoms with Crippen LogP contribution in [0.2, 0.25) is 0 Å². The lowest BCUT2D eigenvalue weighted by molar-refractivity contribution is -0.138. The molecule has 3 atom stereocenters. The van der Waals surface area contributed by atoms with E-state index in [1.165, 1.54) is 16.7 Å². The van der Waals surface area contributed by atoms with E-state index < -0.39 is 6.10 Å². The minimum absolute atomic E-state index is 0.00356. The highest BCUT2D eigenvalue weighted by Crippen LogP contribution is 2.58. The first-order valence-corrected chi connectivity index (χ1v) is 8.57. The number of aliphatic hydroxyl groups is 1. The van der Waals surface area contributed by atoms with E-state index in [1.807, 2.05) is 0 Å². The van der Waals surface area contributed by atoms with Crippen molar-refractivity contribution in [2.24, 2.45) is 11.3 Å². The number of carbonyl (C=O) groups is 1. The summed E-state index contributed by atoms with van der Waals surface area (Å²) in [5, 5.41) is 10.9. The lowest BCUT2D eigenvalue weighted by Gasteiger charge is -2.54. The molecule has 22 heavy (non-hydrogen) atoms. The standard InChI is InChI=1S/C20H28O2/c1-6-13-12(2)7-8-14-18(13)15(21)11-16-19(3,4)17(22)9-10-20(14,16)5/h7-8,15-16,21H,6,9-11H2,1-5H3/t15-,16+,20+/m0/s1. The molecule has 0 heterocycles. The minimum Gasteiger partial charge on any atom is -0.388 e. The SMILES string of the molecule is CCc1c(C)ccc2c1[C@@H](O)C[C@@H]1C(C)(C)C(=O)CC[C@]21C. The highest BCUT2D eigenvalue weighted by molar-refractivity contribution is 5.86. The highest BCUT2D eigenvalue weighted by atomic mass is 16.3. The van der Waals surface area contributed by atoms with E-state index in [9.17, 15) is 9.90 Å². The minimum atomic E-state index is -0.437. The Kier molecular flexibility index (Phi) is 3.52. The van der Waals surface area contributed by atoms with Crippen LogP contribution in [0.4, 0.5) is 0 Å². The molecule has 2 heteroatoms. The fourth-order valence-corrected chi connectivity index (χ4v) is 5.20. The van der Waals surface area contributed by atoms with Crippen molar-refractivity contribution in [2.75, 3.05) is 0 Å². The maximum Gasteiger partial charge on any atom is 0.138 e. The molecular weight excluding hydrogens is 272 g/mol. The van der Waals surface area contributed by atoms with Crippen molar-refractivity contribution in [1.82, 2.24) is 0 Å². The number of ketones is 1. The van der Waals surface area contributed by atoms with Gasteiger partial charge >= 0.3 is 0 Å². The third-order valence-corrected chi connectivity index (χ3v) is 6.58. The van der Waals surface area contributed by atoms with Crippen molar-refractivity contribution in [3.05, 3.63) is 34.4 Å². The van der Waals surface area contributed by atoms with E-state index in [1.54, 1.807) is 0 Å². The molecular formula is C20H28O2. The quantitative estimate of drug-likeness (QED) is 0.841. The summed E-state index contributed by atoms with van der Waals surface area (Å²) in [6.45, 7) is 10.8. The van der Waals surface area contributed by atoms with Crippen LogP contribution in [-0.4, -0.2) is 10.9 Å². The number of benzene rings is 1. The van der Waals surface area contributed by atoms with Crippen LogP contribution in [0, 0.1) is 18.3 Å². The number of aryl methyl sites for hydroxylation is 1. The molecule has 0 amide bonds. The summed E-state index contributed by atoms with van der Waals surface area (Å²) in [7, 11) is 0. The third kappa shape index (κ3) is 1.93. The topological polar surface area (TPSA) is 37.3 Å². The number of aliphatic hydroxyl groups excluding tert-OH is 1. The average molecular weight is 300 g/mol. The summed E-state index contributed by atoms with van der Waals surface area (Å²) >= 11 is 0. The second-order valence-corrected chi connectivity index (χ2v) is 8.04. The van der Waals surface area contributed by atoms with Crippen LogP contribution < -0.4 is 0 Å². The van der Waals surface area contributed by atoms with Crippen molar-refractivity contribution in [3.8, 4) is 0 Å². The van der Waals surface area contributed by atoms with E-state index >= 15 is 0 Å². The normalized spacial score (nSPS) is 33.3. The number of Topliss-reactive ketones (excluding diaryl/α,β-unsaturated/α-hetero) is 1. The first kappa shape index (κ1) is 15.7. The average Bonchev–Trinajstić information content (AvgIpc) is 2.46. The zero-order chi connectivity index (χ0) is 16.3. The second kappa shape index (κ2) is 4.92. The van der Waals surface area contributed by atoms with Crippen molar-refractivity contribution in [2.45, 2.75) is 71.8 Å². The van der Waals surface area contributed by atoms with E-state index in [4.69, 9.17) is 0 Å². The van der Waals surface area contributed by atoms with E-state index in [-0.39, 0.29) is 16.7 Å². The van der Waals surface area contributed by atoms with E-state index in [2.05, 4.69) is 46.8 Å². The Hall–Kier alpha value is -1.15. The zero-order valence-corrected chi connectivity index (χ0v) is 14.5. The van der Waals surface area contributed by atoms with Gasteiger partial charge in [-0.15, -0.1) is 0 Å². The Morgan fingerprint density at radius 1 is 1.27 bits per heavy atom. The Balaban J connectivity index is 2.23. The van der Waals surface area contributed by atoms with Gasteiger partial charge in [-0.3, -0.25) is 4.79 Å². The molecule has 2 aliphatic carbocycles. The predicted octanol–water partition coefficient (Wildman–Crippen LogP) is 4.26. The highest BCUT2D eigenvalue weighted by Gasteiger charge is 2.55. The largest absolute Gasteiger partial charge is 0.388 e. The monoisotopic (exact) mass is 300 g/mol. The van der Waals surface area contributed by atoms with Crippen LogP contribution in [-0.2, 0) is 16.6 Å². The van der Waals surface area contributed by atoms with E-state index in [0.717, 1.165) is 18.4 Å². The summed E-state index contributed by atoms with van der Waals surface area (Å²) < 4.78 is 0. The molecule has 0 spiro atoms. The molecule has 1 aromatic rings. The first-order chi connectivity index (χ1) is 10.2. The summed E-state index contributed by atoms with van der Waals surface area (Å²) in [4.78, 5) is 12.4. The molecule has 1 aromatic carbocycles. The van der Waals surface area contributed by atoms with Crippen LogP contribution in [0.25, 0.3) is 0 Å². The molecule has 0 aliphatic heterocycles. The number of carbonyl (C=O) groups excluding carboxylic acids is 1. The van der Waals surface area contributed by atoms with Gasteiger partial charge in [0.1, 0.15) is 5.78 Å². The van der Waals surface area contributed by atoms with Crippen LogP contribution >= 0.6 is 0 Å². The molecule has 1 saturated carbocycles. The molecule has 120 valence electrons. The number of fused-ring (bicyclic) bond motifs is 3. The molecule has 0 unspecified atom stereocenters. The van der Waals surface area contributed by atoms with Crippen molar-refractivity contribution >= 4 is 5.78 Å². The van der Waals surface area contributed by atoms with Gasteiger partial charge in [-0.05, 0) is 59.8 Å². The summed E-state index contributed by atoms with van der Waals surface area (Å²) in [5.74, 6) is 0.574. The Morgan fingerprint density at radius 3 is 2.59 bits per heavy atom. The fourth-order valence-electron chi connectivity index (χ4n) is 5.20. The second-order valence-electron chi connectivity index (χ2n) is 8.04. The van der Waals surface area contributed by atoms with Crippen LogP contribution in [0.1, 0.15) is 75.3 Å². The molecule has 0 aromatic heterocycles. The van der Waals surface area contributed by atoms with Gasteiger partial charge in [0.05, 0.1) is 6.10 Å². The predicted molar refractivity (Wildman–Crippen MR) is 89.0 cm³/mol. The zero-order valence-electron chi connectivity index (χ0n) is 14.5. The maximum atomic E-state index is 12.4. The van der Waals surface area contributed by atoms with Gasteiger partial charge in [-0.2, -0.15) is 0 Å². The van der Waals surface area contributed by atoms with E-state index in [0.29, 0.717) is 18.6 Å².